The van der Waals surface area contributed by atoms with Gasteiger partial charge in [0.2, 0.25) is 5.91 Å². The first-order chi connectivity index (χ1) is 7.13. The summed E-state index contributed by atoms with van der Waals surface area (Å²) in [6.45, 7) is 5.27. The third-order valence-corrected chi connectivity index (χ3v) is 2.50. The van der Waals surface area contributed by atoms with Crippen molar-refractivity contribution in [3.05, 3.63) is 0 Å². The number of ether oxygens (including phenoxy) is 1. The second-order valence-corrected chi connectivity index (χ2v) is 4.17. The monoisotopic (exact) mass is 210 g/mol. The summed E-state index contributed by atoms with van der Waals surface area (Å²) in [7, 11) is 0. The number of nitrogens with zero attached hydrogens (tertiary/aromatic N) is 2. The molecule has 0 saturated carbocycles. The van der Waals surface area contributed by atoms with Crippen molar-refractivity contribution in [3.63, 3.8) is 0 Å². The lowest BCUT2D eigenvalue weighted by atomic mass is 10.00. The highest BCUT2D eigenvalue weighted by Gasteiger charge is 2.23. The zero-order valence-corrected chi connectivity index (χ0v) is 9.40. The Morgan fingerprint density at radius 3 is 3.00 bits per heavy atom. The molecule has 1 aliphatic rings. The van der Waals surface area contributed by atoms with E-state index in [4.69, 9.17) is 10.00 Å². The number of rotatable bonds is 3. The van der Waals surface area contributed by atoms with E-state index in [2.05, 4.69) is 6.07 Å². The van der Waals surface area contributed by atoms with Crippen LogP contribution in [0.1, 0.15) is 26.7 Å². The third kappa shape index (κ3) is 3.88. The number of piperidine rings is 1. The average molecular weight is 210 g/mol. The van der Waals surface area contributed by atoms with Gasteiger partial charge in [-0.3, -0.25) is 4.79 Å². The van der Waals surface area contributed by atoms with Crippen LogP contribution in [0, 0.1) is 17.2 Å². The number of carbonyl (C=O) groups is 1. The van der Waals surface area contributed by atoms with Crippen LogP contribution in [0.3, 0.4) is 0 Å². The Morgan fingerprint density at radius 1 is 1.67 bits per heavy atom. The van der Waals surface area contributed by atoms with Gasteiger partial charge < -0.3 is 9.64 Å². The first kappa shape index (κ1) is 12.0. The Bertz CT molecular complexity index is 258. The first-order valence-corrected chi connectivity index (χ1v) is 5.42. The summed E-state index contributed by atoms with van der Waals surface area (Å²) in [5.74, 6) is 0.00500. The maximum Gasteiger partial charge on any atom is 0.248 e. The zero-order valence-electron chi connectivity index (χ0n) is 9.40. The van der Waals surface area contributed by atoms with E-state index in [0.717, 1.165) is 19.4 Å². The van der Waals surface area contributed by atoms with Crippen molar-refractivity contribution < 1.29 is 9.53 Å². The quantitative estimate of drug-likeness (QED) is 0.702. The Hall–Kier alpha value is -1.08. The van der Waals surface area contributed by atoms with Crippen LogP contribution < -0.4 is 0 Å². The molecular weight excluding hydrogens is 192 g/mol. The van der Waals surface area contributed by atoms with Gasteiger partial charge in [0, 0.05) is 13.1 Å². The minimum Gasteiger partial charge on any atom is -0.369 e. The fourth-order valence-corrected chi connectivity index (χ4v) is 1.64. The van der Waals surface area contributed by atoms with Crippen molar-refractivity contribution in [2.45, 2.75) is 32.8 Å². The van der Waals surface area contributed by atoms with Gasteiger partial charge >= 0.3 is 0 Å². The van der Waals surface area contributed by atoms with Crippen LogP contribution >= 0.6 is 0 Å². The van der Waals surface area contributed by atoms with Gasteiger partial charge in [-0.05, 0) is 26.7 Å². The molecule has 1 rings (SSSR count). The molecule has 1 amide bonds. The standard InChI is InChI=1S/C11H18N2O2/c1-9(2)15-8-11(14)13-5-3-4-10(6-12)7-13/h9-10H,3-5,7-8H2,1-2H3. The van der Waals surface area contributed by atoms with Gasteiger partial charge in [0.15, 0.2) is 0 Å². The van der Waals surface area contributed by atoms with E-state index in [1.54, 1.807) is 4.90 Å². The van der Waals surface area contributed by atoms with Crippen molar-refractivity contribution in [2.24, 2.45) is 5.92 Å². The molecule has 0 aromatic rings. The summed E-state index contributed by atoms with van der Waals surface area (Å²) in [6.07, 6.45) is 1.90. The fourth-order valence-electron chi connectivity index (χ4n) is 1.64. The summed E-state index contributed by atoms with van der Waals surface area (Å²) < 4.78 is 5.25. The molecule has 15 heavy (non-hydrogen) atoms. The predicted octanol–water partition coefficient (Wildman–Crippen LogP) is 1.17. The molecule has 1 atom stereocenters. The average Bonchev–Trinajstić information content (AvgIpc) is 2.26. The van der Waals surface area contributed by atoms with Crippen molar-refractivity contribution in [2.75, 3.05) is 19.7 Å². The lowest BCUT2D eigenvalue weighted by molar-refractivity contribution is -0.139. The van der Waals surface area contributed by atoms with Crippen molar-refractivity contribution in [3.8, 4) is 6.07 Å². The first-order valence-electron chi connectivity index (χ1n) is 5.42. The van der Waals surface area contributed by atoms with Crippen LogP contribution in [0.4, 0.5) is 0 Å². The third-order valence-electron chi connectivity index (χ3n) is 2.50. The predicted molar refractivity (Wildman–Crippen MR) is 56.0 cm³/mol. The topological polar surface area (TPSA) is 53.3 Å². The molecule has 0 spiro atoms. The molecule has 0 aromatic carbocycles. The molecule has 1 aliphatic heterocycles. The zero-order chi connectivity index (χ0) is 11.3. The fraction of sp³-hybridized carbons (Fsp3) is 0.818. The van der Waals surface area contributed by atoms with E-state index in [-0.39, 0.29) is 24.5 Å². The van der Waals surface area contributed by atoms with E-state index in [1.807, 2.05) is 13.8 Å². The molecule has 4 nitrogen and oxygen atoms in total. The van der Waals surface area contributed by atoms with Gasteiger partial charge in [-0.2, -0.15) is 5.26 Å². The van der Waals surface area contributed by atoms with Crippen molar-refractivity contribution in [1.29, 1.82) is 5.26 Å². The van der Waals surface area contributed by atoms with Crippen LogP contribution in [-0.4, -0.2) is 36.6 Å². The van der Waals surface area contributed by atoms with Gasteiger partial charge in [-0.1, -0.05) is 0 Å². The van der Waals surface area contributed by atoms with Crippen LogP contribution in [0.15, 0.2) is 0 Å². The second-order valence-electron chi connectivity index (χ2n) is 4.17. The molecular formula is C11H18N2O2. The molecule has 0 aliphatic carbocycles. The Labute approximate surface area is 90.8 Å². The molecule has 0 N–H and O–H groups in total. The molecule has 4 heteroatoms. The number of amides is 1. The van der Waals surface area contributed by atoms with Crippen LogP contribution in [0.2, 0.25) is 0 Å². The lowest BCUT2D eigenvalue weighted by Gasteiger charge is -2.29. The summed E-state index contributed by atoms with van der Waals surface area (Å²) in [5, 5.41) is 8.79. The number of hydrogen-bond donors (Lipinski definition) is 0. The number of hydrogen-bond acceptors (Lipinski definition) is 3. The summed E-state index contributed by atoms with van der Waals surface area (Å²) >= 11 is 0. The lowest BCUT2D eigenvalue weighted by Crippen LogP contribution is -2.41. The minimum atomic E-state index is 0.00162. The molecule has 84 valence electrons. The largest absolute Gasteiger partial charge is 0.369 e. The number of carbonyl (C=O) groups excluding carboxylic acids is 1. The highest BCUT2D eigenvalue weighted by Crippen LogP contribution is 2.15. The van der Waals surface area contributed by atoms with E-state index in [0.29, 0.717) is 6.54 Å². The SMILES string of the molecule is CC(C)OCC(=O)N1CCCC(C#N)C1. The maximum absolute atomic E-state index is 11.7. The summed E-state index contributed by atoms with van der Waals surface area (Å²) in [5.41, 5.74) is 0. The normalized spacial score (nSPS) is 21.5. The second kappa shape index (κ2) is 5.72. The van der Waals surface area contributed by atoms with E-state index in [9.17, 15) is 4.79 Å². The van der Waals surface area contributed by atoms with Gasteiger partial charge in [-0.15, -0.1) is 0 Å². The van der Waals surface area contributed by atoms with Crippen LogP contribution in [0.25, 0.3) is 0 Å². The van der Waals surface area contributed by atoms with Gasteiger partial charge in [-0.25, -0.2) is 0 Å². The smallest absolute Gasteiger partial charge is 0.248 e. The molecule has 1 fully saturated rings. The van der Waals surface area contributed by atoms with Crippen molar-refractivity contribution >= 4 is 5.91 Å². The molecule has 1 saturated heterocycles. The molecule has 1 unspecified atom stereocenters. The maximum atomic E-state index is 11.7. The van der Waals surface area contributed by atoms with E-state index >= 15 is 0 Å². The van der Waals surface area contributed by atoms with Gasteiger partial charge in [0.25, 0.3) is 0 Å². The number of nitriles is 1. The van der Waals surface area contributed by atoms with E-state index < -0.39 is 0 Å². The Balaban J connectivity index is 2.36. The highest BCUT2D eigenvalue weighted by atomic mass is 16.5. The summed E-state index contributed by atoms with van der Waals surface area (Å²) in [6, 6.07) is 2.22. The molecule has 0 bridgehead atoms. The number of likely N-dealkylation sites (tertiary alicyclic amines) is 1. The van der Waals surface area contributed by atoms with Crippen molar-refractivity contribution in [1.82, 2.24) is 4.90 Å². The van der Waals surface area contributed by atoms with Gasteiger partial charge in [0.1, 0.15) is 6.61 Å². The van der Waals surface area contributed by atoms with Crippen LogP contribution in [0.5, 0.6) is 0 Å². The molecule has 0 aromatic heterocycles. The highest BCUT2D eigenvalue weighted by molar-refractivity contribution is 5.77. The Morgan fingerprint density at radius 2 is 2.40 bits per heavy atom. The van der Waals surface area contributed by atoms with E-state index in [1.165, 1.54) is 0 Å². The summed E-state index contributed by atoms with van der Waals surface area (Å²) in [4.78, 5) is 13.4. The minimum absolute atomic E-state index is 0.00162. The van der Waals surface area contributed by atoms with Gasteiger partial charge in [0.05, 0.1) is 18.1 Å². The molecule has 0 radical (unpaired) electrons. The Kier molecular flexibility index (Phi) is 4.57. The van der Waals surface area contributed by atoms with Crippen LogP contribution in [-0.2, 0) is 9.53 Å². The molecule has 1 heterocycles.